The molecule has 20 heavy (non-hydrogen) atoms. The molecule has 3 rings (SSSR count). The van der Waals surface area contributed by atoms with Gasteiger partial charge >= 0.3 is 5.97 Å². The topological polar surface area (TPSA) is 84.6 Å². The molecule has 6 nitrogen and oxygen atoms in total. The lowest BCUT2D eigenvalue weighted by molar-refractivity contribution is 0.0696. The van der Waals surface area contributed by atoms with E-state index < -0.39 is 5.97 Å². The number of carbonyl (C=O) groups excluding carboxylic acids is 1. The molecule has 1 N–H and O–H groups in total. The number of fused-ring (bicyclic) bond motifs is 1. The number of hydrogen-bond donors (Lipinski definition) is 1. The maximum absolute atomic E-state index is 11.1. The summed E-state index contributed by atoms with van der Waals surface area (Å²) in [6.07, 6.45) is 5.32. The first kappa shape index (κ1) is 12.0. The molecular formula is C14H9N3O3. The van der Waals surface area contributed by atoms with E-state index in [9.17, 15) is 9.59 Å². The molecule has 3 aromatic heterocycles. The normalized spacial score (nSPS) is 10.6. The molecule has 0 fully saturated rings. The molecule has 0 radical (unpaired) electrons. The van der Waals surface area contributed by atoms with Gasteiger partial charge in [0, 0.05) is 24.2 Å². The fourth-order valence-electron chi connectivity index (χ4n) is 2.03. The summed E-state index contributed by atoms with van der Waals surface area (Å²) in [4.78, 5) is 30.3. The zero-order chi connectivity index (χ0) is 14.1. The molecule has 0 aliphatic rings. The van der Waals surface area contributed by atoms with Gasteiger partial charge < -0.3 is 5.11 Å². The first-order valence-corrected chi connectivity index (χ1v) is 5.81. The maximum Gasteiger partial charge on any atom is 0.337 e. The zero-order valence-corrected chi connectivity index (χ0v) is 10.2. The van der Waals surface area contributed by atoms with Crippen molar-refractivity contribution in [2.24, 2.45) is 0 Å². The average molecular weight is 267 g/mol. The molecule has 0 atom stereocenters. The lowest BCUT2D eigenvalue weighted by Crippen LogP contribution is -1.99. The standard InChI is InChI=1S/C14H9N3O3/c18-8-11-12-2-1-10(14(19)20)7-17(12)13(16-11)9-3-5-15-6-4-9/h1-8H,(H,19,20). The van der Waals surface area contributed by atoms with Crippen molar-refractivity contribution < 1.29 is 14.7 Å². The van der Waals surface area contributed by atoms with Gasteiger partial charge in [0.25, 0.3) is 0 Å². The summed E-state index contributed by atoms with van der Waals surface area (Å²) in [5.41, 5.74) is 1.72. The summed E-state index contributed by atoms with van der Waals surface area (Å²) in [7, 11) is 0. The van der Waals surface area contributed by atoms with E-state index in [1.165, 1.54) is 12.3 Å². The second kappa shape index (κ2) is 4.58. The molecule has 0 unspecified atom stereocenters. The number of imidazole rings is 1. The molecule has 0 amide bonds. The minimum Gasteiger partial charge on any atom is -0.478 e. The first-order valence-electron chi connectivity index (χ1n) is 5.81. The van der Waals surface area contributed by atoms with Crippen LogP contribution < -0.4 is 0 Å². The van der Waals surface area contributed by atoms with Gasteiger partial charge in [-0.25, -0.2) is 9.78 Å². The third-order valence-electron chi connectivity index (χ3n) is 2.96. The Kier molecular flexibility index (Phi) is 2.76. The van der Waals surface area contributed by atoms with Gasteiger partial charge in [-0.3, -0.25) is 14.2 Å². The number of aldehydes is 1. The molecule has 6 heteroatoms. The molecular weight excluding hydrogens is 258 g/mol. The van der Waals surface area contributed by atoms with E-state index in [0.29, 0.717) is 17.6 Å². The van der Waals surface area contributed by atoms with Crippen molar-refractivity contribution in [1.82, 2.24) is 14.4 Å². The van der Waals surface area contributed by atoms with Gasteiger partial charge in [0.1, 0.15) is 11.5 Å². The van der Waals surface area contributed by atoms with Crippen molar-refractivity contribution in [3.63, 3.8) is 0 Å². The second-order valence-electron chi connectivity index (χ2n) is 4.15. The Labute approximate surface area is 113 Å². The Morgan fingerprint density at radius 1 is 1.20 bits per heavy atom. The van der Waals surface area contributed by atoms with E-state index in [1.807, 2.05) is 0 Å². The van der Waals surface area contributed by atoms with E-state index in [-0.39, 0.29) is 11.3 Å². The summed E-state index contributed by atoms with van der Waals surface area (Å²) < 4.78 is 1.60. The fourth-order valence-corrected chi connectivity index (χ4v) is 2.03. The maximum atomic E-state index is 11.1. The summed E-state index contributed by atoms with van der Waals surface area (Å²) in [5, 5.41) is 9.06. The Bertz CT molecular complexity index is 809. The highest BCUT2D eigenvalue weighted by molar-refractivity contribution is 5.90. The third kappa shape index (κ3) is 1.83. The molecule has 0 saturated heterocycles. The van der Waals surface area contributed by atoms with Crippen molar-refractivity contribution in [2.75, 3.05) is 0 Å². The molecule has 0 aliphatic carbocycles. The first-order chi connectivity index (χ1) is 9.70. The number of aromatic carboxylic acids is 1. The third-order valence-corrected chi connectivity index (χ3v) is 2.96. The van der Waals surface area contributed by atoms with Crippen LogP contribution in [0.4, 0.5) is 0 Å². The van der Waals surface area contributed by atoms with Crippen LogP contribution in [0.2, 0.25) is 0 Å². The van der Waals surface area contributed by atoms with Crippen LogP contribution in [0.3, 0.4) is 0 Å². The van der Waals surface area contributed by atoms with Crippen LogP contribution in [0.25, 0.3) is 16.9 Å². The van der Waals surface area contributed by atoms with Crippen LogP contribution in [0, 0.1) is 0 Å². The Hall–Kier alpha value is -3.02. The van der Waals surface area contributed by atoms with Crippen LogP contribution in [0.5, 0.6) is 0 Å². The number of hydrogen-bond acceptors (Lipinski definition) is 4. The van der Waals surface area contributed by atoms with Crippen LogP contribution >= 0.6 is 0 Å². The summed E-state index contributed by atoms with van der Waals surface area (Å²) in [5.74, 6) is -0.526. The Balaban J connectivity index is 2.33. The Morgan fingerprint density at radius 3 is 2.60 bits per heavy atom. The van der Waals surface area contributed by atoms with Crippen molar-refractivity contribution in [3.8, 4) is 11.4 Å². The molecule has 0 bridgehead atoms. The largest absolute Gasteiger partial charge is 0.478 e. The van der Waals surface area contributed by atoms with E-state index in [1.54, 1.807) is 35.0 Å². The van der Waals surface area contributed by atoms with E-state index >= 15 is 0 Å². The van der Waals surface area contributed by atoms with Crippen LogP contribution in [0.15, 0.2) is 42.9 Å². The van der Waals surface area contributed by atoms with E-state index in [2.05, 4.69) is 9.97 Å². The number of carboxylic acid groups (broad SMARTS) is 1. The number of carbonyl (C=O) groups is 2. The van der Waals surface area contributed by atoms with Gasteiger partial charge in [-0.1, -0.05) is 0 Å². The second-order valence-corrected chi connectivity index (χ2v) is 4.15. The lowest BCUT2D eigenvalue weighted by Gasteiger charge is -2.02. The molecule has 0 spiro atoms. The van der Waals surface area contributed by atoms with Gasteiger partial charge in [-0.2, -0.15) is 0 Å². The molecule has 98 valence electrons. The molecule has 0 saturated carbocycles. The van der Waals surface area contributed by atoms with Gasteiger partial charge in [0.2, 0.25) is 0 Å². The van der Waals surface area contributed by atoms with Crippen LogP contribution in [0.1, 0.15) is 20.8 Å². The minimum atomic E-state index is -1.03. The zero-order valence-electron chi connectivity index (χ0n) is 10.2. The Morgan fingerprint density at radius 2 is 1.95 bits per heavy atom. The van der Waals surface area contributed by atoms with Crippen molar-refractivity contribution in [1.29, 1.82) is 0 Å². The van der Waals surface area contributed by atoms with E-state index in [0.717, 1.165) is 5.56 Å². The lowest BCUT2D eigenvalue weighted by atomic mass is 10.2. The highest BCUT2D eigenvalue weighted by Crippen LogP contribution is 2.22. The number of nitrogens with zero attached hydrogens (tertiary/aromatic N) is 3. The quantitative estimate of drug-likeness (QED) is 0.733. The monoisotopic (exact) mass is 267 g/mol. The highest BCUT2D eigenvalue weighted by Gasteiger charge is 2.14. The van der Waals surface area contributed by atoms with Crippen LogP contribution in [-0.4, -0.2) is 31.7 Å². The summed E-state index contributed by atoms with van der Waals surface area (Å²) >= 11 is 0. The van der Waals surface area contributed by atoms with Crippen molar-refractivity contribution in [2.45, 2.75) is 0 Å². The molecule has 3 aromatic rings. The minimum absolute atomic E-state index is 0.127. The number of carboxylic acids is 1. The van der Waals surface area contributed by atoms with Gasteiger partial charge in [0.15, 0.2) is 6.29 Å². The molecule has 0 aliphatic heterocycles. The number of pyridine rings is 2. The van der Waals surface area contributed by atoms with Crippen molar-refractivity contribution in [3.05, 3.63) is 54.1 Å². The predicted molar refractivity (Wildman–Crippen MR) is 70.8 cm³/mol. The SMILES string of the molecule is O=Cc1nc(-c2ccncc2)n2cc(C(=O)O)ccc12. The summed E-state index contributed by atoms with van der Waals surface area (Å²) in [6, 6.07) is 6.52. The molecule has 0 aromatic carbocycles. The molecule has 3 heterocycles. The van der Waals surface area contributed by atoms with E-state index in [4.69, 9.17) is 5.11 Å². The van der Waals surface area contributed by atoms with Gasteiger partial charge in [-0.05, 0) is 24.3 Å². The fraction of sp³-hybridized carbons (Fsp3) is 0. The average Bonchev–Trinajstić information content (AvgIpc) is 2.86. The number of aromatic nitrogens is 3. The van der Waals surface area contributed by atoms with Crippen molar-refractivity contribution >= 4 is 17.8 Å². The van der Waals surface area contributed by atoms with Gasteiger partial charge in [0.05, 0.1) is 11.1 Å². The predicted octanol–water partition coefficient (Wildman–Crippen LogP) is 1.91. The smallest absolute Gasteiger partial charge is 0.337 e. The highest BCUT2D eigenvalue weighted by atomic mass is 16.4. The van der Waals surface area contributed by atoms with Crippen LogP contribution in [-0.2, 0) is 0 Å². The summed E-state index contributed by atoms with van der Waals surface area (Å²) in [6.45, 7) is 0. The number of rotatable bonds is 3. The van der Waals surface area contributed by atoms with Gasteiger partial charge in [-0.15, -0.1) is 0 Å².